The molecule has 120 valence electrons. The quantitative estimate of drug-likeness (QED) is 0.650. The number of benzene rings is 2. The maximum Gasteiger partial charge on any atom is 0.338 e. The monoisotopic (exact) mass is 349 g/mol. The number of amides is 1. The van der Waals surface area contributed by atoms with E-state index in [-0.39, 0.29) is 11.7 Å². The Morgan fingerprint density at radius 2 is 1.87 bits per heavy atom. The van der Waals surface area contributed by atoms with Gasteiger partial charge in [0.05, 0.1) is 18.4 Å². The molecule has 0 heterocycles. The summed E-state index contributed by atoms with van der Waals surface area (Å²) in [6, 6.07) is 12.4. The van der Waals surface area contributed by atoms with Gasteiger partial charge in [0.2, 0.25) is 5.91 Å². The number of nitrogens with one attached hydrogen (secondary N) is 1. The summed E-state index contributed by atoms with van der Waals surface area (Å²) in [7, 11) is 1.33. The third-order valence-electron chi connectivity index (χ3n) is 3.20. The molecule has 0 aliphatic rings. The van der Waals surface area contributed by atoms with Gasteiger partial charge in [0.25, 0.3) is 0 Å². The molecule has 0 bridgehead atoms. The van der Waals surface area contributed by atoms with Gasteiger partial charge in [-0.25, -0.2) is 4.79 Å². The number of halogens is 1. The highest BCUT2D eigenvalue weighted by Crippen LogP contribution is 2.22. The molecule has 6 heteroatoms. The van der Waals surface area contributed by atoms with Gasteiger partial charge in [0.15, 0.2) is 0 Å². The van der Waals surface area contributed by atoms with Crippen LogP contribution in [0.25, 0.3) is 0 Å². The van der Waals surface area contributed by atoms with Crippen LogP contribution in [0.1, 0.15) is 15.9 Å². The maximum atomic E-state index is 12.1. The van der Waals surface area contributed by atoms with Crippen molar-refractivity contribution in [1.82, 2.24) is 0 Å². The van der Waals surface area contributed by atoms with Gasteiger partial charge in [-0.3, -0.25) is 4.79 Å². The van der Waals surface area contributed by atoms with E-state index in [2.05, 4.69) is 5.32 Å². The summed E-state index contributed by atoms with van der Waals surface area (Å²) in [6.45, 7) is 1.77. The van der Waals surface area contributed by atoms with Crippen LogP contribution in [-0.2, 0) is 9.53 Å². The zero-order valence-corrected chi connectivity index (χ0v) is 14.3. The lowest BCUT2D eigenvalue weighted by molar-refractivity contribution is -0.113. The number of thioether (sulfide) groups is 1. The van der Waals surface area contributed by atoms with Crippen LogP contribution < -0.4 is 5.32 Å². The molecule has 0 saturated heterocycles. The topological polar surface area (TPSA) is 55.4 Å². The lowest BCUT2D eigenvalue weighted by Crippen LogP contribution is -2.16. The van der Waals surface area contributed by atoms with Crippen molar-refractivity contribution in [3.05, 3.63) is 58.6 Å². The Morgan fingerprint density at radius 1 is 1.17 bits per heavy atom. The lowest BCUT2D eigenvalue weighted by atomic mass is 10.1. The van der Waals surface area contributed by atoms with Gasteiger partial charge in [-0.05, 0) is 48.9 Å². The molecule has 0 spiro atoms. The largest absolute Gasteiger partial charge is 0.465 e. The van der Waals surface area contributed by atoms with Gasteiger partial charge in [0.1, 0.15) is 0 Å². The Balaban J connectivity index is 2.00. The third kappa shape index (κ3) is 4.74. The Labute approximate surface area is 144 Å². The maximum absolute atomic E-state index is 12.1. The van der Waals surface area contributed by atoms with Crippen molar-refractivity contribution in [1.29, 1.82) is 0 Å². The minimum atomic E-state index is -0.422. The number of methoxy groups -OCH3 is 1. The molecule has 4 nitrogen and oxygen atoms in total. The van der Waals surface area contributed by atoms with E-state index in [0.717, 1.165) is 4.90 Å². The molecule has 23 heavy (non-hydrogen) atoms. The molecule has 2 rings (SSSR count). The van der Waals surface area contributed by atoms with E-state index in [1.165, 1.54) is 18.9 Å². The first-order valence-electron chi connectivity index (χ1n) is 6.87. The molecule has 0 aliphatic heterocycles. The van der Waals surface area contributed by atoms with Crippen molar-refractivity contribution in [3.63, 3.8) is 0 Å². The summed E-state index contributed by atoms with van der Waals surface area (Å²) in [6.07, 6.45) is 0. The third-order valence-corrected chi connectivity index (χ3v) is 4.46. The number of esters is 1. The minimum absolute atomic E-state index is 0.143. The van der Waals surface area contributed by atoms with Gasteiger partial charge in [-0.1, -0.05) is 17.7 Å². The second kappa shape index (κ2) is 8.04. The molecule has 0 aliphatic carbocycles. The van der Waals surface area contributed by atoms with E-state index < -0.39 is 5.97 Å². The molecule has 0 saturated carbocycles. The first-order valence-corrected chi connectivity index (χ1v) is 8.23. The van der Waals surface area contributed by atoms with Crippen LogP contribution in [0.5, 0.6) is 0 Å². The summed E-state index contributed by atoms with van der Waals surface area (Å²) in [5.41, 5.74) is 1.73. The standard InChI is InChI=1S/C17H16ClNO3S/c1-11-14(17(21)22-2)4-3-5-15(11)19-16(20)10-23-13-8-6-12(18)7-9-13/h3-9H,10H2,1-2H3,(H,19,20). The SMILES string of the molecule is COC(=O)c1cccc(NC(=O)CSc2ccc(Cl)cc2)c1C. The number of hydrogen-bond donors (Lipinski definition) is 1. The van der Waals surface area contributed by atoms with E-state index in [9.17, 15) is 9.59 Å². The van der Waals surface area contributed by atoms with Crippen molar-refractivity contribution in [2.45, 2.75) is 11.8 Å². The summed E-state index contributed by atoms with van der Waals surface area (Å²) >= 11 is 7.24. The Morgan fingerprint density at radius 3 is 2.52 bits per heavy atom. The number of ether oxygens (including phenoxy) is 1. The molecule has 1 amide bonds. The zero-order chi connectivity index (χ0) is 16.8. The van der Waals surface area contributed by atoms with Crippen LogP contribution in [0.15, 0.2) is 47.4 Å². The highest BCUT2D eigenvalue weighted by molar-refractivity contribution is 8.00. The molecular weight excluding hydrogens is 334 g/mol. The molecule has 0 atom stereocenters. The van der Waals surface area contributed by atoms with E-state index in [1.54, 1.807) is 37.3 Å². The van der Waals surface area contributed by atoms with Crippen LogP contribution in [-0.4, -0.2) is 24.7 Å². The van der Waals surface area contributed by atoms with E-state index in [4.69, 9.17) is 16.3 Å². The fraction of sp³-hybridized carbons (Fsp3) is 0.176. The molecule has 0 aromatic heterocycles. The number of carbonyl (C=O) groups is 2. The second-order valence-electron chi connectivity index (χ2n) is 4.76. The van der Waals surface area contributed by atoms with Crippen LogP contribution in [0.4, 0.5) is 5.69 Å². The normalized spacial score (nSPS) is 10.2. The van der Waals surface area contributed by atoms with Crippen LogP contribution in [0, 0.1) is 6.92 Å². The molecule has 2 aromatic rings. The number of anilines is 1. The van der Waals surface area contributed by atoms with Crippen LogP contribution in [0.3, 0.4) is 0 Å². The first kappa shape index (κ1) is 17.4. The van der Waals surface area contributed by atoms with Crippen molar-refractivity contribution in [2.75, 3.05) is 18.2 Å². The fourth-order valence-corrected chi connectivity index (χ4v) is 2.79. The van der Waals surface area contributed by atoms with Crippen molar-refractivity contribution in [3.8, 4) is 0 Å². The average Bonchev–Trinajstić information content (AvgIpc) is 2.55. The second-order valence-corrected chi connectivity index (χ2v) is 6.25. The molecule has 0 unspecified atom stereocenters. The highest BCUT2D eigenvalue weighted by Gasteiger charge is 2.13. The Bertz CT molecular complexity index is 716. The van der Waals surface area contributed by atoms with Gasteiger partial charge in [-0.2, -0.15) is 0 Å². The molecule has 0 radical (unpaired) electrons. The minimum Gasteiger partial charge on any atom is -0.465 e. The van der Waals surface area contributed by atoms with Crippen molar-refractivity contribution < 1.29 is 14.3 Å². The summed E-state index contributed by atoms with van der Waals surface area (Å²) in [5, 5.41) is 3.48. The lowest BCUT2D eigenvalue weighted by Gasteiger charge is -2.11. The Hall–Kier alpha value is -1.98. The van der Waals surface area contributed by atoms with Gasteiger partial charge in [0, 0.05) is 15.6 Å². The number of hydrogen-bond acceptors (Lipinski definition) is 4. The zero-order valence-electron chi connectivity index (χ0n) is 12.8. The molecule has 2 aromatic carbocycles. The van der Waals surface area contributed by atoms with Crippen LogP contribution >= 0.6 is 23.4 Å². The van der Waals surface area contributed by atoms with Gasteiger partial charge < -0.3 is 10.1 Å². The van der Waals surface area contributed by atoms with Crippen LogP contribution in [0.2, 0.25) is 5.02 Å². The van der Waals surface area contributed by atoms with E-state index >= 15 is 0 Å². The summed E-state index contributed by atoms with van der Waals surface area (Å²) < 4.78 is 4.73. The summed E-state index contributed by atoms with van der Waals surface area (Å²) in [5.74, 6) is -0.298. The highest BCUT2D eigenvalue weighted by atomic mass is 35.5. The fourth-order valence-electron chi connectivity index (χ4n) is 1.97. The van der Waals surface area contributed by atoms with E-state index in [0.29, 0.717) is 21.8 Å². The average molecular weight is 350 g/mol. The van der Waals surface area contributed by atoms with E-state index in [1.807, 2.05) is 12.1 Å². The molecule has 1 N–H and O–H groups in total. The Kier molecular flexibility index (Phi) is 6.07. The predicted octanol–water partition coefficient (Wildman–Crippen LogP) is 4.17. The number of rotatable bonds is 5. The van der Waals surface area contributed by atoms with Crippen molar-refractivity contribution >= 4 is 40.9 Å². The number of carbonyl (C=O) groups excluding carboxylic acids is 2. The summed E-state index contributed by atoms with van der Waals surface area (Å²) in [4.78, 5) is 24.7. The smallest absolute Gasteiger partial charge is 0.338 e. The first-order chi connectivity index (χ1) is 11.0. The molecule has 0 fully saturated rings. The predicted molar refractivity (Wildman–Crippen MR) is 93.3 cm³/mol. The molecular formula is C17H16ClNO3S. The van der Waals surface area contributed by atoms with Gasteiger partial charge in [-0.15, -0.1) is 11.8 Å². The van der Waals surface area contributed by atoms with Gasteiger partial charge >= 0.3 is 5.97 Å². The van der Waals surface area contributed by atoms with Crippen molar-refractivity contribution in [2.24, 2.45) is 0 Å².